The summed E-state index contributed by atoms with van der Waals surface area (Å²) in [6.45, 7) is 1.69. The maximum atomic E-state index is 13.2. The minimum atomic E-state index is -0.180. The molecule has 1 fully saturated rings. The predicted molar refractivity (Wildman–Crippen MR) is 131 cm³/mol. The number of hydrogen-bond donors (Lipinski definition) is 1. The van der Waals surface area contributed by atoms with Crippen molar-refractivity contribution in [1.29, 1.82) is 0 Å². The van der Waals surface area contributed by atoms with Gasteiger partial charge in [-0.05, 0) is 50.1 Å². The molecule has 7 nitrogen and oxygen atoms in total. The molecule has 0 radical (unpaired) electrons. The van der Waals surface area contributed by atoms with E-state index in [1.165, 1.54) is 35.1 Å². The Morgan fingerprint density at radius 1 is 1.21 bits per heavy atom. The lowest BCUT2D eigenvalue weighted by Gasteiger charge is -2.15. The van der Waals surface area contributed by atoms with E-state index in [4.69, 9.17) is 21.1 Å². The van der Waals surface area contributed by atoms with Gasteiger partial charge in [0, 0.05) is 22.7 Å². The lowest BCUT2D eigenvalue weighted by atomic mass is 10.2. The average molecular weight is 483 g/mol. The second-order valence-electron chi connectivity index (χ2n) is 7.86. The fourth-order valence-electron chi connectivity index (χ4n) is 3.95. The van der Waals surface area contributed by atoms with Crippen LogP contribution in [-0.4, -0.2) is 40.8 Å². The third-order valence-corrected chi connectivity index (χ3v) is 7.05. The largest absolute Gasteiger partial charge is 0.493 e. The van der Waals surface area contributed by atoms with Crippen LogP contribution in [0.5, 0.6) is 11.5 Å². The normalized spacial score (nSPS) is 15.8. The number of methoxy groups -OCH3 is 1. The van der Waals surface area contributed by atoms with Gasteiger partial charge in [0.25, 0.3) is 5.56 Å². The number of halogens is 1. The van der Waals surface area contributed by atoms with E-state index in [0.29, 0.717) is 45.2 Å². The summed E-state index contributed by atoms with van der Waals surface area (Å²) in [4.78, 5) is 22.2. The molecule has 1 saturated heterocycles. The Balaban J connectivity index is 1.41. The van der Waals surface area contributed by atoms with Gasteiger partial charge < -0.3 is 14.8 Å². The van der Waals surface area contributed by atoms with Gasteiger partial charge in [0.15, 0.2) is 17.1 Å². The van der Waals surface area contributed by atoms with Crippen molar-refractivity contribution < 1.29 is 9.47 Å². The van der Waals surface area contributed by atoms with Crippen LogP contribution in [0.25, 0.3) is 26.6 Å². The maximum absolute atomic E-state index is 13.2. The quantitative estimate of drug-likeness (QED) is 0.411. The maximum Gasteiger partial charge on any atom is 0.277 e. The third kappa shape index (κ3) is 4.59. The Bertz CT molecular complexity index is 1330. The van der Waals surface area contributed by atoms with Crippen molar-refractivity contribution in [2.75, 3.05) is 20.3 Å². The van der Waals surface area contributed by atoms with Gasteiger partial charge in [-0.3, -0.25) is 9.36 Å². The van der Waals surface area contributed by atoms with Gasteiger partial charge in [-0.25, -0.2) is 9.97 Å². The van der Waals surface area contributed by atoms with E-state index in [1.54, 1.807) is 25.3 Å². The van der Waals surface area contributed by atoms with Crippen molar-refractivity contribution in [3.05, 3.63) is 64.2 Å². The topological polar surface area (TPSA) is 78.3 Å². The number of fused-ring (bicyclic) bond motifs is 1. The Hall–Kier alpha value is -2.94. The van der Waals surface area contributed by atoms with Crippen LogP contribution in [0, 0.1) is 0 Å². The summed E-state index contributed by atoms with van der Waals surface area (Å²) in [6.07, 6.45) is 4.86. The molecule has 170 valence electrons. The molecule has 0 amide bonds. The first-order chi connectivity index (χ1) is 16.1. The van der Waals surface area contributed by atoms with E-state index < -0.39 is 0 Å². The molecule has 9 heteroatoms. The zero-order chi connectivity index (χ0) is 22.8. The molecular formula is C24H23ClN4O3S. The first-order valence-corrected chi connectivity index (χ1v) is 12.0. The van der Waals surface area contributed by atoms with Crippen LogP contribution in [0.4, 0.5) is 0 Å². The lowest BCUT2D eigenvalue weighted by molar-refractivity contribution is 0.275. The van der Waals surface area contributed by atoms with Crippen LogP contribution in [-0.2, 0) is 0 Å². The van der Waals surface area contributed by atoms with Gasteiger partial charge >= 0.3 is 0 Å². The highest BCUT2D eigenvalue weighted by Crippen LogP contribution is 2.31. The second-order valence-corrected chi connectivity index (χ2v) is 9.30. The van der Waals surface area contributed by atoms with E-state index in [1.807, 2.05) is 24.3 Å². The van der Waals surface area contributed by atoms with Crippen LogP contribution in [0.2, 0.25) is 5.02 Å². The molecule has 1 N–H and O–H groups in total. The molecule has 0 saturated carbocycles. The van der Waals surface area contributed by atoms with Gasteiger partial charge in [-0.15, -0.1) is 11.3 Å². The average Bonchev–Trinajstić information content (AvgIpc) is 3.51. The van der Waals surface area contributed by atoms with Crippen molar-refractivity contribution >= 4 is 33.3 Å². The van der Waals surface area contributed by atoms with Gasteiger partial charge in [-0.1, -0.05) is 23.7 Å². The van der Waals surface area contributed by atoms with Gasteiger partial charge in [-0.2, -0.15) is 0 Å². The van der Waals surface area contributed by atoms with E-state index in [2.05, 4.69) is 15.3 Å². The standard InChI is InChI=1S/C24H23ClN4O3S/c1-31-20-13-18(8-9-19(20)32-12-10-17-3-2-11-26-17)29-14-27-22-21(24(29)30)33-23(28-22)15-4-6-16(25)7-5-15/h4-9,13-14,17,26H,2-3,10-12H2,1H3. The predicted octanol–water partition coefficient (Wildman–Crippen LogP) is 4.69. The highest BCUT2D eigenvalue weighted by atomic mass is 35.5. The highest BCUT2D eigenvalue weighted by Gasteiger charge is 2.16. The van der Waals surface area contributed by atoms with E-state index in [0.717, 1.165) is 23.5 Å². The van der Waals surface area contributed by atoms with Gasteiger partial charge in [0.05, 0.1) is 19.4 Å². The Morgan fingerprint density at radius 2 is 2.06 bits per heavy atom. The summed E-state index contributed by atoms with van der Waals surface area (Å²) in [7, 11) is 1.59. The number of nitrogens with one attached hydrogen (secondary N) is 1. The zero-order valence-corrected chi connectivity index (χ0v) is 19.7. The van der Waals surface area contributed by atoms with E-state index >= 15 is 0 Å². The summed E-state index contributed by atoms with van der Waals surface area (Å²) < 4.78 is 13.5. The molecule has 4 aromatic rings. The molecule has 0 aliphatic carbocycles. The van der Waals surface area contributed by atoms with Crippen LogP contribution in [0.1, 0.15) is 19.3 Å². The van der Waals surface area contributed by atoms with Gasteiger partial charge in [0.2, 0.25) is 0 Å². The second kappa shape index (κ2) is 9.51. The van der Waals surface area contributed by atoms with E-state index in [-0.39, 0.29) is 5.56 Å². The number of nitrogens with zero attached hydrogens (tertiary/aromatic N) is 3. The first-order valence-electron chi connectivity index (χ1n) is 10.8. The van der Waals surface area contributed by atoms with Crippen LogP contribution < -0.4 is 20.3 Å². The number of aromatic nitrogens is 3. The molecule has 1 aliphatic heterocycles. The molecule has 1 atom stereocenters. The fraction of sp³-hybridized carbons (Fsp3) is 0.292. The molecule has 2 aromatic carbocycles. The Kier molecular flexibility index (Phi) is 6.30. The zero-order valence-electron chi connectivity index (χ0n) is 18.1. The lowest BCUT2D eigenvalue weighted by Crippen LogP contribution is -2.23. The number of thiazole rings is 1. The summed E-state index contributed by atoms with van der Waals surface area (Å²) in [5.74, 6) is 1.23. The molecule has 0 spiro atoms. The SMILES string of the molecule is COc1cc(-n2cnc3nc(-c4ccc(Cl)cc4)sc3c2=O)ccc1OCCC1CCCN1. The first kappa shape index (κ1) is 21.9. The molecule has 1 aliphatic rings. The van der Waals surface area contributed by atoms with Crippen LogP contribution in [0.3, 0.4) is 0 Å². The van der Waals surface area contributed by atoms with Crippen LogP contribution >= 0.6 is 22.9 Å². The van der Waals surface area contributed by atoms with E-state index in [9.17, 15) is 4.79 Å². The number of hydrogen-bond acceptors (Lipinski definition) is 7. The smallest absolute Gasteiger partial charge is 0.277 e. The number of ether oxygens (including phenoxy) is 2. The Labute approximate surface area is 200 Å². The summed E-state index contributed by atoms with van der Waals surface area (Å²) in [5.41, 5.74) is 1.79. The molecule has 0 bridgehead atoms. The molecular weight excluding hydrogens is 460 g/mol. The summed E-state index contributed by atoms with van der Waals surface area (Å²) >= 11 is 7.30. The highest BCUT2D eigenvalue weighted by molar-refractivity contribution is 7.21. The Morgan fingerprint density at radius 3 is 2.82 bits per heavy atom. The fourth-order valence-corrected chi connectivity index (χ4v) is 5.03. The molecule has 33 heavy (non-hydrogen) atoms. The summed E-state index contributed by atoms with van der Waals surface area (Å²) in [5, 5.41) is 4.85. The summed E-state index contributed by atoms with van der Waals surface area (Å²) in [6, 6.07) is 13.3. The van der Waals surface area contributed by atoms with Crippen molar-refractivity contribution in [3.8, 4) is 27.8 Å². The van der Waals surface area contributed by atoms with Crippen molar-refractivity contribution in [1.82, 2.24) is 19.9 Å². The van der Waals surface area contributed by atoms with Crippen molar-refractivity contribution in [2.45, 2.75) is 25.3 Å². The molecule has 2 aromatic heterocycles. The molecule has 5 rings (SSSR count). The van der Waals surface area contributed by atoms with Crippen molar-refractivity contribution in [3.63, 3.8) is 0 Å². The third-order valence-electron chi connectivity index (χ3n) is 5.72. The van der Waals surface area contributed by atoms with Gasteiger partial charge in [0.1, 0.15) is 16.0 Å². The van der Waals surface area contributed by atoms with Crippen molar-refractivity contribution in [2.24, 2.45) is 0 Å². The minimum absolute atomic E-state index is 0.180. The number of benzene rings is 2. The molecule has 3 heterocycles. The molecule has 1 unspecified atom stereocenters. The van der Waals surface area contributed by atoms with Crippen LogP contribution in [0.15, 0.2) is 53.6 Å². The number of rotatable bonds is 7. The minimum Gasteiger partial charge on any atom is -0.493 e. The monoisotopic (exact) mass is 482 g/mol.